The molecule has 0 aliphatic carbocycles. The van der Waals surface area contributed by atoms with Crippen molar-refractivity contribution in [2.24, 2.45) is 0 Å². The molecule has 2 aromatic carbocycles. The molecule has 144 valence electrons. The van der Waals surface area contributed by atoms with Crippen molar-refractivity contribution in [2.75, 3.05) is 6.54 Å². The molecule has 0 aliphatic heterocycles. The Morgan fingerprint density at radius 2 is 1.78 bits per heavy atom. The molecule has 0 radical (unpaired) electrons. The smallest absolute Gasteiger partial charge is 0.242 e. The van der Waals surface area contributed by atoms with Crippen molar-refractivity contribution in [3.05, 3.63) is 71.0 Å². The van der Waals surface area contributed by atoms with E-state index in [0.29, 0.717) is 18.5 Å². The van der Waals surface area contributed by atoms with Gasteiger partial charge in [0.05, 0.1) is 0 Å². The fourth-order valence-electron chi connectivity index (χ4n) is 2.86. The van der Waals surface area contributed by atoms with Crippen molar-refractivity contribution in [1.29, 1.82) is 0 Å². The Bertz CT molecular complexity index is 774. The van der Waals surface area contributed by atoms with Gasteiger partial charge >= 0.3 is 0 Å². The molecule has 1 N–H and O–H groups in total. The summed E-state index contributed by atoms with van der Waals surface area (Å²) >= 11 is 0. The summed E-state index contributed by atoms with van der Waals surface area (Å²) in [5.74, 6) is -0.785. The number of carbonyl (C=O) groups is 2. The zero-order valence-electron chi connectivity index (χ0n) is 16.2. The number of likely N-dealkylation sites (N-methyl/N-ethyl adjacent to an activating group) is 1. The van der Waals surface area contributed by atoms with Gasteiger partial charge in [-0.15, -0.1) is 0 Å². The molecule has 0 spiro atoms. The van der Waals surface area contributed by atoms with Crippen LogP contribution >= 0.6 is 0 Å². The summed E-state index contributed by atoms with van der Waals surface area (Å²) in [5, 5.41) is 2.73. The van der Waals surface area contributed by atoms with E-state index in [9.17, 15) is 14.0 Å². The molecule has 1 atom stereocenters. The lowest BCUT2D eigenvalue weighted by Crippen LogP contribution is -2.47. The molecule has 0 heterocycles. The van der Waals surface area contributed by atoms with Crippen LogP contribution < -0.4 is 5.32 Å². The first-order valence-corrected chi connectivity index (χ1v) is 9.28. The Morgan fingerprint density at radius 3 is 2.41 bits per heavy atom. The van der Waals surface area contributed by atoms with Gasteiger partial charge in [0, 0.05) is 25.1 Å². The third kappa shape index (κ3) is 5.91. The fraction of sp³-hybridized carbons (Fsp3) is 0.364. The van der Waals surface area contributed by atoms with Crippen molar-refractivity contribution >= 4 is 11.8 Å². The van der Waals surface area contributed by atoms with Crippen LogP contribution in [-0.4, -0.2) is 29.3 Å². The van der Waals surface area contributed by atoms with Crippen LogP contribution in [0.2, 0.25) is 0 Å². The minimum absolute atomic E-state index is 0.0672. The lowest BCUT2D eigenvalue weighted by atomic mass is 10.1. The molecule has 0 aliphatic rings. The van der Waals surface area contributed by atoms with Crippen LogP contribution in [-0.2, 0) is 22.6 Å². The third-order valence-corrected chi connectivity index (χ3v) is 4.56. The predicted octanol–water partition coefficient (Wildman–Crippen LogP) is 3.62. The summed E-state index contributed by atoms with van der Waals surface area (Å²) < 4.78 is 14.1. The minimum atomic E-state index is -0.671. The number of hydrogen-bond donors (Lipinski definition) is 1. The highest BCUT2D eigenvalue weighted by Crippen LogP contribution is 2.15. The van der Waals surface area contributed by atoms with E-state index in [0.717, 1.165) is 11.1 Å². The molecule has 2 aromatic rings. The number of nitrogens with one attached hydrogen (secondary N) is 1. The van der Waals surface area contributed by atoms with Crippen LogP contribution in [0.1, 0.15) is 37.0 Å². The summed E-state index contributed by atoms with van der Waals surface area (Å²) in [5.41, 5.74) is 2.62. The molecule has 0 saturated heterocycles. The maximum atomic E-state index is 14.1. The minimum Gasteiger partial charge on any atom is -0.355 e. The lowest BCUT2D eigenvalue weighted by molar-refractivity contribution is -0.140. The van der Waals surface area contributed by atoms with Crippen molar-refractivity contribution in [1.82, 2.24) is 10.2 Å². The number of nitrogens with zero attached hydrogens (tertiary/aromatic N) is 1. The summed E-state index contributed by atoms with van der Waals surface area (Å²) in [7, 11) is 0. The quantitative estimate of drug-likeness (QED) is 0.772. The Kier molecular flexibility index (Phi) is 7.53. The molecule has 0 fully saturated rings. The topological polar surface area (TPSA) is 49.4 Å². The number of rotatable bonds is 8. The van der Waals surface area contributed by atoms with Gasteiger partial charge in [0.15, 0.2) is 0 Å². The van der Waals surface area contributed by atoms with Crippen LogP contribution in [0.5, 0.6) is 0 Å². The average Bonchev–Trinajstić information content (AvgIpc) is 2.66. The standard InChI is InChI=1S/C22H27FN2O2/c1-4-24-22(27)17(3)25(15-19-7-5-6-8-20(19)23)21(26)14-13-18-11-9-16(2)10-12-18/h5-12,17H,4,13-15H2,1-3H3,(H,24,27)/t17-/m1/s1. The van der Waals surface area contributed by atoms with Gasteiger partial charge in [-0.1, -0.05) is 48.0 Å². The molecule has 27 heavy (non-hydrogen) atoms. The first-order chi connectivity index (χ1) is 12.9. The maximum Gasteiger partial charge on any atom is 0.242 e. The van der Waals surface area contributed by atoms with Crippen LogP contribution in [0.4, 0.5) is 4.39 Å². The van der Waals surface area contributed by atoms with E-state index < -0.39 is 6.04 Å². The van der Waals surface area contributed by atoms with Crippen molar-refractivity contribution < 1.29 is 14.0 Å². The zero-order chi connectivity index (χ0) is 19.8. The predicted molar refractivity (Wildman–Crippen MR) is 105 cm³/mol. The Balaban J connectivity index is 2.14. The highest BCUT2D eigenvalue weighted by atomic mass is 19.1. The highest BCUT2D eigenvalue weighted by molar-refractivity contribution is 5.87. The monoisotopic (exact) mass is 370 g/mol. The largest absolute Gasteiger partial charge is 0.355 e. The fourth-order valence-corrected chi connectivity index (χ4v) is 2.86. The zero-order valence-corrected chi connectivity index (χ0v) is 16.2. The third-order valence-electron chi connectivity index (χ3n) is 4.56. The van der Waals surface area contributed by atoms with Crippen LogP contribution in [0.25, 0.3) is 0 Å². The van der Waals surface area contributed by atoms with Crippen LogP contribution in [0.15, 0.2) is 48.5 Å². The van der Waals surface area contributed by atoms with E-state index in [1.165, 1.54) is 11.0 Å². The first-order valence-electron chi connectivity index (χ1n) is 9.28. The second-order valence-electron chi connectivity index (χ2n) is 6.67. The van der Waals surface area contributed by atoms with E-state index >= 15 is 0 Å². The molecule has 5 heteroatoms. The van der Waals surface area contributed by atoms with Gasteiger partial charge in [0.25, 0.3) is 0 Å². The molecule has 0 aromatic heterocycles. The molecule has 2 rings (SSSR count). The number of aryl methyl sites for hydroxylation is 2. The number of carbonyl (C=O) groups excluding carboxylic acids is 2. The van der Waals surface area contributed by atoms with E-state index in [4.69, 9.17) is 0 Å². The van der Waals surface area contributed by atoms with Gasteiger partial charge in [-0.05, 0) is 38.8 Å². The first kappa shape index (κ1) is 20.6. The second-order valence-corrected chi connectivity index (χ2v) is 6.67. The number of benzene rings is 2. The molecule has 4 nitrogen and oxygen atoms in total. The Labute approximate surface area is 160 Å². The Hall–Kier alpha value is -2.69. The van der Waals surface area contributed by atoms with Crippen LogP contribution in [0, 0.1) is 12.7 Å². The van der Waals surface area contributed by atoms with Gasteiger partial charge in [0.1, 0.15) is 11.9 Å². The molecular weight excluding hydrogens is 343 g/mol. The van der Waals surface area contributed by atoms with Gasteiger partial charge < -0.3 is 10.2 Å². The normalized spacial score (nSPS) is 11.7. The van der Waals surface area contributed by atoms with E-state index in [1.54, 1.807) is 25.1 Å². The lowest BCUT2D eigenvalue weighted by Gasteiger charge is -2.29. The van der Waals surface area contributed by atoms with Crippen molar-refractivity contribution in [3.63, 3.8) is 0 Å². The molecule has 2 amide bonds. The molecule has 0 bridgehead atoms. The maximum absolute atomic E-state index is 14.1. The van der Waals surface area contributed by atoms with Gasteiger partial charge in [-0.25, -0.2) is 4.39 Å². The van der Waals surface area contributed by atoms with Crippen LogP contribution in [0.3, 0.4) is 0 Å². The van der Waals surface area contributed by atoms with Crippen molar-refractivity contribution in [3.8, 4) is 0 Å². The van der Waals surface area contributed by atoms with Crippen molar-refractivity contribution in [2.45, 2.75) is 46.2 Å². The molecule has 0 unspecified atom stereocenters. The SMILES string of the molecule is CCNC(=O)[C@@H](C)N(Cc1ccccc1F)C(=O)CCc1ccc(C)cc1. The number of hydrogen-bond acceptors (Lipinski definition) is 2. The summed E-state index contributed by atoms with van der Waals surface area (Å²) in [6, 6.07) is 13.7. The van der Waals surface area contributed by atoms with E-state index in [-0.39, 0.29) is 30.6 Å². The molecular formula is C22H27FN2O2. The second kappa shape index (κ2) is 9.86. The van der Waals surface area contributed by atoms with Gasteiger partial charge in [0.2, 0.25) is 11.8 Å². The van der Waals surface area contributed by atoms with E-state index in [2.05, 4.69) is 5.32 Å². The Morgan fingerprint density at radius 1 is 1.11 bits per heavy atom. The van der Waals surface area contributed by atoms with E-state index in [1.807, 2.05) is 38.1 Å². The summed E-state index contributed by atoms with van der Waals surface area (Å²) in [4.78, 5) is 26.6. The summed E-state index contributed by atoms with van der Waals surface area (Å²) in [6.07, 6.45) is 0.844. The summed E-state index contributed by atoms with van der Waals surface area (Å²) in [6.45, 7) is 6.06. The average molecular weight is 370 g/mol. The highest BCUT2D eigenvalue weighted by Gasteiger charge is 2.26. The van der Waals surface area contributed by atoms with Gasteiger partial charge in [-0.3, -0.25) is 9.59 Å². The number of halogens is 1. The van der Waals surface area contributed by atoms with Gasteiger partial charge in [-0.2, -0.15) is 0 Å². The number of amides is 2. The molecule has 0 saturated carbocycles.